The number of hydrogen-bond acceptors (Lipinski definition) is 7. The number of benzene rings is 3. The summed E-state index contributed by atoms with van der Waals surface area (Å²) in [4.78, 5) is 25.5. The van der Waals surface area contributed by atoms with Crippen molar-refractivity contribution in [2.45, 2.75) is 6.92 Å². The Morgan fingerprint density at radius 2 is 1.57 bits per heavy atom. The van der Waals surface area contributed by atoms with Crippen LogP contribution in [-0.4, -0.2) is 39.5 Å². The second kappa shape index (κ2) is 10.2. The van der Waals surface area contributed by atoms with Gasteiger partial charge in [0.25, 0.3) is 0 Å². The second-order valence-corrected chi connectivity index (χ2v) is 8.59. The second-order valence-electron chi connectivity index (χ2n) is 7.67. The van der Waals surface area contributed by atoms with Crippen LogP contribution in [0.2, 0.25) is 0 Å². The molecule has 4 rings (SSSR count). The normalized spacial score (nSPS) is 13.3. The fourth-order valence-electron chi connectivity index (χ4n) is 3.69. The molecule has 0 atom stereocenters. The van der Waals surface area contributed by atoms with Crippen LogP contribution in [-0.2, 0) is 0 Å². The van der Waals surface area contributed by atoms with Crippen LogP contribution in [0.4, 0.5) is 0 Å². The molecule has 1 aliphatic rings. The largest absolute Gasteiger partial charge is 0.496 e. The molecule has 0 spiro atoms. The van der Waals surface area contributed by atoms with Crippen LogP contribution >= 0.6 is 15.9 Å². The Morgan fingerprint density at radius 3 is 2.23 bits per heavy atom. The van der Waals surface area contributed by atoms with Crippen molar-refractivity contribution in [2.24, 2.45) is 0 Å². The number of Topliss-reactive ketones (excluding diaryl/α,β-unsaturated/α-hetero) is 2. The Labute approximate surface area is 211 Å². The average molecular weight is 539 g/mol. The van der Waals surface area contributed by atoms with Crippen LogP contribution in [0.1, 0.15) is 31.8 Å². The van der Waals surface area contributed by atoms with Gasteiger partial charge >= 0.3 is 0 Å². The number of rotatable bonds is 8. The van der Waals surface area contributed by atoms with Crippen molar-refractivity contribution in [3.05, 3.63) is 81.0 Å². The molecule has 0 fully saturated rings. The Bertz CT molecular complexity index is 1330. The van der Waals surface area contributed by atoms with Crippen molar-refractivity contribution in [3.8, 4) is 28.7 Å². The van der Waals surface area contributed by atoms with Gasteiger partial charge in [0.1, 0.15) is 17.2 Å². The van der Waals surface area contributed by atoms with Crippen molar-refractivity contribution in [2.75, 3.05) is 27.9 Å². The highest BCUT2D eigenvalue weighted by Crippen LogP contribution is 2.41. The predicted molar refractivity (Wildman–Crippen MR) is 134 cm³/mol. The summed E-state index contributed by atoms with van der Waals surface area (Å²) in [6, 6.07) is 13.8. The van der Waals surface area contributed by atoms with Gasteiger partial charge in [-0.3, -0.25) is 9.59 Å². The Balaban J connectivity index is 1.58. The number of methoxy groups -OCH3 is 3. The summed E-state index contributed by atoms with van der Waals surface area (Å²) in [6.45, 7) is 1.65. The van der Waals surface area contributed by atoms with Crippen LogP contribution in [0.5, 0.6) is 28.7 Å². The smallest absolute Gasteiger partial charge is 0.231 e. The lowest BCUT2D eigenvalue weighted by atomic mass is 10.1. The van der Waals surface area contributed by atoms with Gasteiger partial charge in [-0.05, 0) is 43.3 Å². The van der Waals surface area contributed by atoms with E-state index in [0.717, 1.165) is 4.47 Å². The van der Waals surface area contributed by atoms with Crippen LogP contribution in [0, 0.1) is 6.92 Å². The average Bonchev–Trinajstić information content (AvgIpc) is 3.19. The highest BCUT2D eigenvalue weighted by molar-refractivity contribution is 9.10. The fraction of sp³-hybridized carbons (Fsp3) is 0.185. The lowest BCUT2D eigenvalue weighted by molar-refractivity contribution is 0.0920. The van der Waals surface area contributed by atoms with Crippen LogP contribution in [0.3, 0.4) is 0 Å². The third-order valence-corrected chi connectivity index (χ3v) is 6.11. The van der Waals surface area contributed by atoms with E-state index in [1.807, 2.05) is 0 Å². The van der Waals surface area contributed by atoms with Crippen molar-refractivity contribution < 1.29 is 33.3 Å². The molecule has 180 valence electrons. The van der Waals surface area contributed by atoms with Gasteiger partial charge in [-0.1, -0.05) is 28.1 Å². The summed E-state index contributed by atoms with van der Waals surface area (Å²) in [7, 11) is 4.59. The third kappa shape index (κ3) is 4.88. The quantitative estimate of drug-likeness (QED) is 0.270. The molecule has 0 amide bonds. The SMILES string of the molecule is COc1cc(OC)c(OC)cc1/C=C1\Oc2c(ccc(OCC(=O)c3ccc(Br)cc3)c2C)C1=O. The zero-order valence-corrected chi connectivity index (χ0v) is 21.2. The van der Waals surface area contributed by atoms with Gasteiger partial charge in [0.2, 0.25) is 5.78 Å². The zero-order chi connectivity index (χ0) is 25.1. The number of ketones is 2. The molecule has 35 heavy (non-hydrogen) atoms. The molecule has 7 nitrogen and oxygen atoms in total. The summed E-state index contributed by atoms with van der Waals surface area (Å²) in [5, 5.41) is 0. The summed E-state index contributed by atoms with van der Waals surface area (Å²) in [5.41, 5.74) is 2.19. The Kier molecular flexibility index (Phi) is 7.12. The monoisotopic (exact) mass is 538 g/mol. The lowest BCUT2D eigenvalue weighted by Gasteiger charge is -2.12. The van der Waals surface area contributed by atoms with Gasteiger partial charge in [0, 0.05) is 27.2 Å². The number of hydrogen-bond donors (Lipinski definition) is 0. The van der Waals surface area contributed by atoms with E-state index < -0.39 is 0 Å². The lowest BCUT2D eigenvalue weighted by Crippen LogP contribution is -2.12. The molecular weight excluding hydrogens is 516 g/mol. The van der Waals surface area contributed by atoms with E-state index >= 15 is 0 Å². The van der Waals surface area contributed by atoms with Crippen molar-refractivity contribution in [1.82, 2.24) is 0 Å². The topological polar surface area (TPSA) is 80.3 Å². The molecule has 0 unspecified atom stereocenters. The van der Waals surface area contributed by atoms with Crippen LogP contribution in [0.15, 0.2) is 58.8 Å². The summed E-state index contributed by atoms with van der Waals surface area (Å²) in [6.07, 6.45) is 1.60. The van der Waals surface area contributed by atoms with Gasteiger partial charge in [0.15, 0.2) is 29.6 Å². The summed E-state index contributed by atoms with van der Waals surface area (Å²) < 4.78 is 28.7. The molecule has 0 saturated carbocycles. The molecule has 0 bridgehead atoms. The number of allylic oxidation sites excluding steroid dienone is 1. The molecule has 3 aromatic rings. The van der Waals surface area contributed by atoms with E-state index in [4.69, 9.17) is 23.7 Å². The molecule has 0 aromatic heterocycles. The number of fused-ring (bicyclic) bond motifs is 1. The Morgan fingerprint density at radius 1 is 0.914 bits per heavy atom. The van der Waals surface area contributed by atoms with Crippen molar-refractivity contribution in [1.29, 1.82) is 0 Å². The zero-order valence-electron chi connectivity index (χ0n) is 19.6. The predicted octanol–water partition coefficient (Wildman–Crippen LogP) is 5.66. The van der Waals surface area contributed by atoms with E-state index in [2.05, 4.69) is 15.9 Å². The number of carbonyl (C=O) groups is 2. The molecular formula is C27H23BrO7. The first-order chi connectivity index (χ1) is 16.9. The molecule has 1 heterocycles. The molecule has 3 aromatic carbocycles. The first-order valence-corrected chi connectivity index (χ1v) is 11.4. The van der Waals surface area contributed by atoms with E-state index in [0.29, 0.717) is 51.0 Å². The number of carbonyl (C=O) groups excluding carboxylic acids is 2. The van der Waals surface area contributed by atoms with Gasteiger partial charge < -0.3 is 23.7 Å². The minimum absolute atomic E-state index is 0.136. The summed E-state index contributed by atoms with van der Waals surface area (Å²) >= 11 is 3.35. The van der Waals surface area contributed by atoms with Crippen LogP contribution < -0.4 is 23.7 Å². The first kappa shape index (κ1) is 24.3. The standard InChI is InChI=1S/C27H23BrO7/c1-15-21(34-14-20(29)16-5-7-18(28)8-6-16)10-9-19-26(30)25(35-27(15)19)12-17-11-23(32-3)24(33-4)13-22(17)31-2/h5-13H,14H2,1-4H3/b25-12-. The van der Waals surface area contributed by atoms with E-state index in [1.54, 1.807) is 61.5 Å². The molecule has 0 saturated heterocycles. The van der Waals surface area contributed by atoms with Crippen molar-refractivity contribution in [3.63, 3.8) is 0 Å². The minimum atomic E-state index is -0.266. The van der Waals surface area contributed by atoms with E-state index in [9.17, 15) is 9.59 Å². The van der Waals surface area contributed by atoms with Gasteiger partial charge in [-0.25, -0.2) is 0 Å². The maximum atomic E-state index is 13.0. The molecule has 0 aliphatic carbocycles. The molecule has 8 heteroatoms. The maximum Gasteiger partial charge on any atom is 0.231 e. The summed E-state index contributed by atoms with van der Waals surface area (Å²) in [5.74, 6) is 2.06. The van der Waals surface area contributed by atoms with Gasteiger partial charge in [-0.15, -0.1) is 0 Å². The first-order valence-electron chi connectivity index (χ1n) is 10.7. The number of halogens is 1. The fourth-order valence-corrected chi connectivity index (χ4v) is 3.96. The van der Waals surface area contributed by atoms with Gasteiger partial charge in [0.05, 0.1) is 26.9 Å². The molecule has 0 radical (unpaired) electrons. The highest BCUT2D eigenvalue weighted by Gasteiger charge is 2.31. The molecule has 1 aliphatic heterocycles. The van der Waals surface area contributed by atoms with Crippen LogP contribution in [0.25, 0.3) is 6.08 Å². The van der Waals surface area contributed by atoms with Gasteiger partial charge in [-0.2, -0.15) is 0 Å². The third-order valence-electron chi connectivity index (χ3n) is 5.58. The molecule has 0 N–H and O–H groups in total. The number of ether oxygens (including phenoxy) is 5. The van der Waals surface area contributed by atoms with Crippen molar-refractivity contribution >= 4 is 33.6 Å². The Hall–Kier alpha value is -3.78. The maximum absolute atomic E-state index is 13.0. The minimum Gasteiger partial charge on any atom is -0.496 e. The van der Waals surface area contributed by atoms with E-state index in [-0.39, 0.29) is 23.9 Å². The highest BCUT2D eigenvalue weighted by atomic mass is 79.9. The van der Waals surface area contributed by atoms with E-state index in [1.165, 1.54) is 21.3 Å².